The molecule has 0 saturated carbocycles. The monoisotopic (exact) mass is 284 g/mol. The maximum Gasteiger partial charge on any atom is 0.336 e. The molecule has 0 aliphatic rings. The molecule has 0 heterocycles. The lowest BCUT2D eigenvalue weighted by Gasteiger charge is -2.08. The van der Waals surface area contributed by atoms with Gasteiger partial charge in [0.25, 0.3) is 0 Å². The largest absolute Gasteiger partial charge is 0.478 e. The zero-order valence-electron chi connectivity index (χ0n) is 11.5. The zero-order valence-corrected chi connectivity index (χ0v) is 11.5. The van der Waals surface area contributed by atoms with E-state index in [2.05, 4.69) is 0 Å². The molecule has 6 heteroatoms. The van der Waals surface area contributed by atoms with Crippen molar-refractivity contribution >= 4 is 11.9 Å². The van der Waals surface area contributed by atoms with Crippen LogP contribution in [-0.4, -0.2) is 38.7 Å². The Labute approximate surface area is 117 Å². The Kier molecular flexibility index (Phi) is 8.19. The van der Waals surface area contributed by atoms with Gasteiger partial charge < -0.3 is 20.4 Å². The fraction of sp³-hybridized carbons (Fsp3) is 0.429. The minimum Gasteiger partial charge on any atom is -0.478 e. The van der Waals surface area contributed by atoms with Crippen molar-refractivity contribution < 1.29 is 30.0 Å². The van der Waals surface area contributed by atoms with Crippen molar-refractivity contribution in [3.63, 3.8) is 0 Å². The standard InChI is InChI=1S/C8H6O4.C6H14O2/c9-7(10)5-3-1-2-4-6(5)8(11)12;1-3-5(2)4-6(7)8/h1-4H,(H,9,10)(H,11,12);5-8H,3-4H2,1-2H3. The van der Waals surface area contributed by atoms with Crippen LogP contribution in [0, 0.1) is 5.92 Å². The molecule has 1 rings (SSSR count). The van der Waals surface area contributed by atoms with E-state index in [1.807, 2.05) is 13.8 Å². The third-order valence-corrected chi connectivity index (χ3v) is 2.70. The maximum atomic E-state index is 10.5. The van der Waals surface area contributed by atoms with Gasteiger partial charge in [0.15, 0.2) is 6.29 Å². The van der Waals surface area contributed by atoms with Gasteiger partial charge in [-0.25, -0.2) is 9.59 Å². The molecule has 0 bridgehead atoms. The van der Waals surface area contributed by atoms with Gasteiger partial charge in [0.2, 0.25) is 0 Å². The van der Waals surface area contributed by atoms with Crippen molar-refractivity contribution in [3.8, 4) is 0 Å². The minimum absolute atomic E-state index is 0.190. The van der Waals surface area contributed by atoms with Gasteiger partial charge >= 0.3 is 11.9 Å². The molecule has 6 nitrogen and oxygen atoms in total. The molecule has 0 radical (unpaired) electrons. The maximum absolute atomic E-state index is 10.5. The van der Waals surface area contributed by atoms with E-state index in [1.165, 1.54) is 24.3 Å². The molecule has 0 aromatic heterocycles. The summed E-state index contributed by atoms with van der Waals surface area (Å²) in [5.41, 5.74) is -0.380. The van der Waals surface area contributed by atoms with Crippen LogP contribution < -0.4 is 0 Å². The van der Waals surface area contributed by atoms with Crippen LogP contribution in [0.3, 0.4) is 0 Å². The quantitative estimate of drug-likeness (QED) is 0.613. The first kappa shape index (κ1) is 18.1. The molecule has 4 N–H and O–H groups in total. The Balaban J connectivity index is 0.000000396. The molecule has 0 spiro atoms. The molecular formula is C14H20O6. The summed E-state index contributed by atoms with van der Waals surface area (Å²) in [6, 6.07) is 5.48. The van der Waals surface area contributed by atoms with E-state index in [4.69, 9.17) is 20.4 Å². The minimum atomic E-state index is -1.23. The fourth-order valence-corrected chi connectivity index (χ4v) is 1.38. The van der Waals surface area contributed by atoms with E-state index >= 15 is 0 Å². The van der Waals surface area contributed by atoms with Gasteiger partial charge in [-0.05, 0) is 18.1 Å². The van der Waals surface area contributed by atoms with Crippen molar-refractivity contribution in [2.75, 3.05) is 0 Å². The highest BCUT2D eigenvalue weighted by atomic mass is 16.5. The molecule has 1 aromatic rings. The predicted octanol–water partition coefficient (Wildman–Crippen LogP) is 1.82. The predicted molar refractivity (Wildman–Crippen MR) is 72.7 cm³/mol. The molecule has 1 atom stereocenters. The molecule has 0 amide bonds. The summed E-state index contributed by atoms with van der Waals surface area (Å²) in [5.74, 6) is -2.03. The van der Waals surface area contributed by atoms with E-state index in [9.17, 15) is 9.59 Å². The summed E-state index contributed by atoms with van der Waals surface area (Å²) >= 11 is 0. The number of carboxylic acid groups (broad SMARTS) is 2. The summed E-state index contributed by atoms with van der Waals surface area (Å²) < 4.78 is 0. The Morgan fingerprint density at radius 3 is 1.65 bits per heavy atom. The Morgan fingerprint density at radius 2 is 1.45 bits per heavy atom. The SMILES string of the molecule is CCC(C)CC(O)O.O=C(O)c1ccccc1C(=O)O. The lowest BCUT2D eigenvalue weighted by molar-refractivity contribution is -0.0547. The summed E-state index contributed by atoms with van der Waals surface area (Å²) in [6.07, 6.45) is 0.388. The number of aromatic carboxylic acids is 2. The number of aliphatic hydroxyl groups excluding tert-OH is 1. The first-order chi connectivity index (χ1) is 9.29. The summed E-state index contributed by atoms with van der Waals surface area (Å²) in [7, 11) is 0. The third-order valence-electron chi connectivity index (χ3n) is 2.70. The highest BCUT2D eigenvalue weighted by molar-refractivity contribution is 6.01. The first-order valence-electron chi connectivity index (χ1n) is 6.21. The van der Waals surface area contributed by atoms with Gasteiger partial charge in [-0.15, -0.1) is 0 Å². The van der Waals surface area contributed by atoms with Crippen molar-refractivity contribution in [2.45, 2.75) is 33.0 Å². The molecule has 0 aliphatic carbocycles. The number of carboxylic acids is 2. The zero-order chi connectivity index (χ0) is 15.7. The van der Waals surface area contributed by atoms with E-state index in [-0.39, 0.29) is 11.1 Å². The highest BCUT2D eigenvalue weighted by Crippen LogP contribution is 2.08. The van der Waals surface area contributed by atoms with Gasteiger partial charge in [-0.1, -0.05) is 32.4 Å². The second-order valence-corrected chi connectivity index (χ2v) is 4.39. The van der Waals surface area contributed by atoms with Crippen LogP contribution >= 0.6 is 0 Å². The molecule has 1 unspecified atom stereocenters. The van der Waals surface area contributed by atoms with E-state index < -0.39 is 18.2 Å². The average molecular weight is 284 g/mol. The van der Waals surface area contributed by atoms with E-state index in [0.717, 1.165) is 6.42 Å². The van der Waals surface area contributed by atoms with Crippen molar-refractivity contribution in [2.24, 2.45) is 5.92 Å². The topological polar surface area (TPSA) is 115 Å². The molecule has 0 aliphatic heterocycles. The van der Waals surface area contributed by atoms with E-state index in [0.29, 0.717) is 12.3 Å². The number of hydrogen-bond donors (Lipinski definition) is 4. The highest BCUT2D eigenvalue weighted by Gasteiger charge is 2.13. The van der Waals surface area contributed by atoms with E-state index in [1.54, 1.807) is 0 Å². The second kappa shape index (κ2) is 9.06. The van der Waals surface area contributed by atoms with Crippen molar-refractivity contribution in [3.05, 3.63) is 35.4 Å². The van der Waals surface area contributed by atoms with Crippen LogP contribution in [0.1, 0.15) is 47.4 Å². The van der Waals surface area contributed by atoms with Crippen LogP contribution in [0.15, 0.2) is 24.3 Å². The summed E-state index contributed by atoms with van der Waals surface area (Å²) in [4.78, 5) is 20.9. The number of aliphatic hydroxyl groups is 2. The summed E-state index contributed by atoms with van der Waals surface area (Å²) in [6.45, 7) is 4.03. The normalized spacial score (nSPS) is 11.4. The van der Waals surface area contributed by atoms with Crippen molar-refractivity contribution in [1.29, 1.82) is 0 Å². The van der Waals surface area contributed by atoms with Crippen molar-refractivity contribution in [1.82, 2.24) is 0 Å². The molecule has 20 heavy (non-hydrogen) atoms. The van der Waals surface area contributed by atoms with Crippen LogP contribution in [0.2, 0.25) is 0 Å². The molecule has 0 fully saturated rings. The molecule has 0 saturated heterocycles. The molecule has 1 aromatic carbocycles. The number of carbonyl (C=O) groups is 2. The smallest absolute Gasteiger partial charge is 0.336 e. The Morgan fingerprint density at radius 1 is 1.05 bits per heavy atom. The van der Waals surface area contributed by atoms with Gasteiger partial charge in [0, 0.05) is 6.42 Å². The van der Waals surface area contributed by atoms with Crippen LogP contribution in [0.25, 0.3) is 0 Å². The number of benzene rings is 1. The lowest BCUT2D eigenvalue weighted by atomic mass is 10.1. The molecular weight excluding hydrogens is 264 g/mol. The Bertz CT molecular complexity index is 408. The fourth-order valence-electron chi connectivity index (χ4n) is 1.38. The number of hydrogen-bond acceptors (Lipinski definition) is 4. The Hall–Kier alpha value is -1.92. The lowest BCUT2D eigenvalue weighted by Crippen LogP contribution is -2.09. The summed E-state index contributed by atoms with van der Waals surface area (Å²) in [5, 5.41) is 33.9. The van der Waals surface area contributed by atoms with Crippen LogP contribution in [-0.2, 0) is 0 Å². The average Bonchev–Trinajstić information content (AvgIpc) is 2.38. The van der Waals surface area contributed by atoms with Crippen LogP contribution in [0.4, 0.5) is 0 Å². The first-order valence-corrected chi connectivity index (χ1v) is 6.21. The second-order valence-electron chi connectivity index (χ2n) is 4.39. The number of rotatable bonds is 5. The van der Waals surface area contributed by atoms with Gasteiger partial charge in [0.05, 0.1) is 11.1 Å². The van der Waals surface area contributed by atoms with Gasteiger partial charge in [0.1, 0.15) is 0 Å². The van der Waals surface area contributed by atoms with Gasteiger partial charge in [-0.3, -0.25) is 0 Å². The van der Waals surface area contributed by atoms with Crippen LogP contribution in [0.5, 0.6) is 0 Å². The molecule has 112 valence electrons. The third kappa shape index (κ3) is 6.86. The van der Waals surface area contributed by atoms with Gasteiger partial charge in [-0.2, -0.15) is 0 Å².